The van der Waals surface area contributed by atoms with Crippen molar-refractivity contribution >= 4 is 35.0 Å². The van der Waals surface area contributed by atoms with Crippen LogP contribution in [-0.4, -0.2) is 51.9 Å². The van der Waals surface area contributed by atoms with E-state index in [0.717, 1.165) is 49.9 Å². The Morgan fingerprint density at radius 2 is 2.09 bits per heavy atom. The van der Waals surface area contributed by atoms with Crippen molar-refractivity contribution in [2.75, 3.05) is 31.1 Å². The maximum Gasteiger partial charge on any atom is 0.242 e. The predicted molar refractivity (Wildman–Crippen MR) is 92.8 cm³/mol. The Bertz CT molecular complexity index is 493. The molecule has 1 aliphatic rings. The average molecular weight is 348 g/mol. The van der Waals surface area contributed by atoms with E-state index in [-0.39, 0.29) is 18.3 Å². The largest absolute Gasteiger partial charge is 0.345 e. The predicted octanol–water partition coefficient (Wildman–Crippen LogP) is 1.82. The van der Waals surface area contributed by atoms with Gasteiger partial charge in [-0.25, -0.2) is 4.98 Å². The molecule has 2 heterocycles. The van der Waals surface area contributed by atoms with E-state index in [1.807, 2.05) is 18.7 Å². The Morgan fingerprint density at radius 3 is 2.68 bits per heavy atom. The molecular formula is C14H26ClN5OS. The number of hydrogen-bond acceptors (Lipinski definition) is 6. The van der Waals surface area contributed by atoms with Gasteiger partial charge in [-0.3, -0.25) is 4.79 Å². The number of nitrogens with two attached hydrogens (primary N) is 1. The Balaban J connectivity index is 0.00000242. The summed E-state index contributed by atoms with van der Waals surface area (Å²) < 4.78 is 4.23. The number of aromatic nitrogens is 2. The zero-order chi connectivity index (χ0) is 15.5. The van der Waals surface area contributed by atoms with Crippen LogP contribution < -0.4 is 10.6 Å². The first-order chi connectivity index (χ1) is 9.94. The molecule has 1 atom stereocenters. The van der Waals surface area contributed by atoms with Gasteiger partial charge in [-0.15, -0.1) is 12.4 Å². The lowest BCUT2D eigenvalue weighted by molar-refractivity contribution is -0.136. The maximum atomic E-state index is 12.6. The number of halogens is 1. The van der Waals surface area contributed by atoms with E-state index in [9.17, 15) is 4.79 Å². The van der Waals surface area contributed by atoms with Gasteiger partial charge in [-0.1, -0.05) is 13.3 Å². The van der Waals surface area contributed by atoms with Gasteiger partial charge in [0.25, 0.3) is 0 Å². The summed E-state index contributed by atoms with van der Waals surface area (Å²) in [6.45, 7) is 8.97. The molecule has 6 nitrogen and oxygen atoms in total. The minimum atomic E-state index is -0.747. The van der Waals surface area contributed by atoms with Crippen molar-refractivity contribution in [3.05, 3.63) is 5.82 Å². The lowest BCUT2D eigenvalue weighted by Gasteiger charge is -2.30. The van der Waals surface area contributed by atoms with E-state index in [1.165, 1.54) is 11.5 Å². The number of amides is 1. The first kappa shape index (κ1) is 19.1. The smallest absolute Gasteiger partial charge is 0.242 e. The number of rotatable bonds is 4. The summed E-state index contributed by atoms with van der Waals surface area (Å²) in [6, 6.07) is 0. The molecule has 1 aromatic heterocycles. The highest BCUT2D eigenvalue weighted by molar-refractivity contribution is 7.09. The van der Waals surface area contributed by atoms with Crippen LogP contribution in [0.1, 0.15) is 38.9 Å². The van der Waals surface area contributed by atoms with Crippen LogP contribution in [0.15, 0.2) is 0 Å². The summed E-state index contributed by atoms with van der Waals surface area (Å²) in [7, 11) is 0. The zero-order valence-electron chi connectivity index (χ0n) is 13.5. The van der Waals surface area contributed by atoms with Crippen LogP contribution in [0.2, 0.25) is 0 Å². The van der Waals surface area contributed by atoms with Crippen LogP contribution in [0, 0.1) is 6.92 Å². The lowest BCUT2D eigenvalue weighted by Crippen LogP contribution is -2.54. The molecule has 22 heavy (non-hydrogen) atoms. The fourth-order valence-electron chi connectivity index (χ4n) is 2.71. The van der Waals surface area contributed by atoms with Crippen LogP contribution in [0.4, 0.5) is 5.13 Å². The van der Waals surface area contributed by atoms with Gasteiger partial charge in [-0.05, 0) is 26.7 Å². The molecule has 0 bridgehead atoms. The molecule has 1 aromatic rings. The molecule has 2 N–H and O–H groups in total. The van der Waals surface area contributed by atoms with Crippen molar-refractivity contribution in [1.82, 2.24) is 14.3 Å². The highest BCUT2D eigenvalue weighted by Gasteiger charge is 2.32. The molecule has 0 radical (unpaired) electrons. The quantitative estimate of drug-likeness (QED) is 0.899. The third-order valence-corrected chi connectivity index (χ3v) is 4.70. The SMILES string of the molecule is CCCC(C)(N)C(=O)N1CCCN(c2nc(C)ns2)CC1.Cl. The van der Waals surface area contributed by atoms with Crippen LogP contribution in [0.5, 0.6) is 0 Å². The summed E-state index contributed by atoms with van der Waals surface area (Å²) in [5.74, 6) is 0.879. The van der Waals surface area contributed by atoms with Crippen molar-refractivity contribution in [3.63, 3.8) is 0 Å². The second-order valence-electron chi connectivity index (χ2n) is 5.92. The van der Waals surface area contributed by atoms with E-state index in [0.29, 0.717) is 6.54 Å². The average Bonchev–Trinajstić information content (AvgIpc) is 2.72. The van der Waals surface area contributed by atoms with E-state index >= 15 is 0 Å². The van der Waals surface area contributed by atoms with Crippen molar-refractivity contribution in [3.8, 4) is 0 Å². The second kappa shape index (κ2) is 8.08. The van der Waals surface area contributed by atoms with Crippen molar-refractivity contribution < 1.29 is 4.79 Å². The molecule has 0 spiro atoms. The van der Waals surface area contributed by atoms with Crippen LogP contribution in [-0.2, 0) is 4.79 Å². The van der Waals surface area contributed by atoms with Crippen LogP contribution in [0.3, 0.4) is 0 Å². The maximum absolute atomic E-state index is 12.6. The van der Waals surface area contributed by atoms with Gasteiger partial charge in [0.1, 0.15) is 5.82 Å². The lowest BCUT2D eigenvalue weighted by atomic mass is 9.95. The monoisotopic (exact) mass is 347 g/mol. The number of hydrogen-bond donors (Lipinski definition) is 1. The van der Waals surface area contributed by atoms with E-state index in [4.69, 9.17) is 5.73 Å². The highest BCUT2D eigenvalue weighted by atomic mass is 35.5. The summed E-state index contributed by atoms with van der Waals surface area (Å²) >= 11 is 1.43. The molecule has 1 amide bonds. The fourth-order valence-corrected chi connectivity index (χ4v) is 3.44. The first-order valence-corrected chi connectivity index (χ1v) is 8.35. The zero-order valence-corrected chi connectivity index (χ0v) is 15.2. The molecule has 1 saturated heterocycles. The molecule has 8 heteroatoms. The molecule has 0 aromatic carbocycles. The molecular weight excluding hydrogens is 322 g/mol. The molecule has 1 aliphatic heterocycles. The van der Waals surface area contributed by atoms with Gasteiger partial charge < -0.3 is 15.5 Å². The van der Waals surface area contributed by atoms with E-state index < -0.39 is 5.54 Å². The summed E-state index contributed by atoms with van der Waals surface area (Å²) in [4.78, 5) is 21.1. The topological polar surface area (TPSA) is 75.4 Å². The standard InChI is InChI=1S/C14H25N5OS.ClH/c1-4-6-14(3,15)12(20)18-7-5-8-19(10-9-18)13-16-11(2)17-21-13;/h4-10,15H2,1-3H3;1H. The summed E-state index contributed by atoms with van der Waals surface area (Å²) in [6.07, 6.45) is 2.58. The van der Waals surface area contributed by atoms with Crippen LogP contribution >= 0.6 is 23.9 Å². The minimum absolute atomic E-state index is 0. The highest BCUT2D eigenvalue weighted by Crippen LogP contribution is 2.20. The normalized spacial score (nSPS) is 18.4. The number of carbonyl (C=O) groups is 1. The minimum Gasteiger partial charge on any atom is -0.345 e. The van der Waals surface area contributed by atoms with Crippen molar-refractivity contribution in [2.45, 2.75) is 45.6 Å². The molecule has 126 valence electrons. The van der Waals surface area contributed by atoms with Gasteiger partial charge in [-0.2, -0.15) is 4.37 Å². The molecule has 2 rings (SSSR count). The van der Waals surface area contributed by atoms with Crippen LogP contribution in [0.25, 0.3) is 0 Å². The van der Waals surface area contributed by atoms with Gasteiger partial charge >= 0.3 is 0 Å². The number of nitrogens with zero attached hydrogens (tertiary/aromatic N) is 4. The van der Waals surface area contributed by atoms with E-state index in [1.54, 1.807) is 0 Å². The molecule has 1 fully saturated rings. The van der Waals surface area contributed by atoms with E-state index in [2.05, 4.69) is 21.2 Å². The van der Waals surface area contributed by atoms with Crippen molar-refractivity contribution in [1.29, 1.82) is 0 Å². The van der Waals surface area contributed by atoms with Gasteiger partial charge in [0, 0.05) is 37.7 Å². The Labute approximate surface area is 142 Å². The summed E-state index contributed by atoms with van der Waals surface area (Å²) in [5.41, 5.74) is 5.43. The van der Waals surface area contributed by atoms with Gasteiger partial charge in [0.2, 0.25) is 11.0 Å². The Kier molecular flexibility index (Phi) is 7.02. The van der Waals surface area contributed by atoms with Crippen molar-refractivity contribution in [2.24, 2.45) is 5.73 Å². The van der Waals surface area contributed by atoms with Gasteiger partial charge in [0.05, 0.1) is 5.54 Å². The Hall–Kier alpha value is -0.920. The third kappa shape index (κ3) is 4.54. The molecule has 1 unspecified atom stereocenters. The number of anilines is 1. The second-order valence-corrected chi connectivity index (χ2v) is 6.65. The Morgan fingerprint density at radius 1 is 1.36 bits per heavy atom. The molecule has 0 saturated carbocycles. The third-order valence-electron chi connectivity index (χ3n) is 3.83. The first-order valence-electron chi connectivity index (χ1n) is 7.57. The fraction of sp³-hybridized carbons (Fsp3) is 0.786. The number of aryl methyl sites for hydroxylation is 1. The molecule has 0 aliphatic carbocycles. The summed E-state index contributed by atoms with van der Waals surface area (Å²) in [5, 5.41) is 0.950. The number of carbonyl (C=O) groups excluding carboxylic acids is 1. The van der Waals surface area contributed by atoms with Gasteiger partial charge in [0.15, 0.2) is 0 Å².